The number of benzene rings is 1. The van der Waals surface area contributed by atoms with E-state index in [4.69, 9.17) is 4.74 Å². The van der Waals surface area contributed by atoms with Crippen molar-refractivity contribution in [2.45, 2.75) is 45.2 Å². The number of likely N-dealkylation sites (tertiary alicyclic amines) is 1. The van der Waals surface area contributed by atoms with Crippen LogP contribution in [-0.4, -0.2) is 70.5 Å². The molecule has 1 fully saturated rings. The average Bonchev–Trinajstić information content (AvgIpc) is 3.21. The summed E-state index contributed by atoms with van der Waals surface area (Å²) in [6, 6.07) is 8.50. The van der Waals surface area contributed by atoms with Crippen molar-refractivity contribution in [1.82, 2.24) is 24.8 Å². The molecule has 1 atom stereocenters. The van der Waals surface area contributed by atoms with E-state index in [-0.39, 0.29) is 5.91 Å². The number of aromatic nitrogens is 3. The number of likely N-dealkylation sites (N-methyl/N-ethyl adjacent to an activating group) is 1. The molecule has 0 radical (unpaired) electrons. The van der Waals surface area contributed by atoms with Gasteiger partial charge < -0.3 is 14.5 Å². The van der Waals surface area contributed by atoms with E-state index in [0.29, 0.717) is 18.3 Å². The Kier molecular flexibility index (Phi) is 7.03. The third kappa shape index (κ3) is 5.10. The van der Waals surface area contributed by atoms with Crippen molar-refractivity contribution in [2.24, 2.45) is 0 Å². The van der Waals surface area contributed by atoms with Crippen LogP contribution in [0.5, 0.6) is 5.75 Å². The van der Waals surface area contributed by atoms with Gasteiger partial charge in [0.25, 0.3) is 5.91 Å². The Morgan fingerprint density at radius 3 is 2.75 bits per heavy atom. The fraction of sp³-hybridized carbons (Fsp3) is 0.571. The minimum absolute atomic E-state index is 0.00356. The first-order valence-electron chi connectivity index (χ1n) is 10.1. The lowest BCUT2D eigenvalue weighted by Crippen LogP contribution is -2.35. The van der Waals surface area contributed by atoms with E-state index in [2.05, 4.69) is 35.2 Å². The van der Waals surface area contributed by atoms with E-state index in [9.17, 15) is 4.79 Å². The molecule has 3 rings (SSSR count). The Hall–Kier alpha value is -2.41. The summed E-state index contributed by atoms with van der Waals surface area (Å²) in [5.74, 6) is 0.934. The van der Waals surface area contributed by atoms with E-state index in [1.807, 2.05) is 23.1 Å². The lowest BCUT2D eigenvalue weighted by molar-refractivity contribution is 0.0718. The summed E-state index contributed by atoms with van der Waals surface area (Å²) in [7, 11) is 3.82. The third-order valence-electron chi connectivity index (χ3n) is 5.54. The van der Waals surface area contributed by atoms with Crippen LogP contribution in [0.3, 0.4) is 0 Å². The van der Waals surface area contributed by atoms with E-state index in [1.54, 1.807) is 18.0 Å². The maximum atomic E-state index is 12.5. The molecule has 0 aliphatic carbocycles. The number of amides is 1. The summed E-state index contributed by atoms with van der Waals surface area (Å²) in [4.78, 5) is 16.7. The summed E-state index contributed by atoms with van der Waals surface area (Å²) < 4.78 is 7.22. The van der Waals surface area contributed by atoms with Gasteiger partial charge in [0.05, 0.1) is 19.9 Å². The van der Waals surface area contributed by atoms with Gasteiger partial charge in [0.1, 0.15) is 5.75 Å². The van der Waals surface area contributed by atoms with E-state index < -0.39 is 0 Å². The predicted octanol–water partition coefficient (Wildman–Crippen LogP) is 2.48. The van der Waals surface area contributed by atoms with Crippen LogP contribution in [-0.2, 0) is 13.0 Å². The van der Waals surface area contributed by atoms with Gasteiger partial charge in [-0.2, -0.15) is 0 Å². The van der Waals surface area contributed by atoms with Crippen molar-refractivity contribution in [1.29, 1.82) is 0 Å². The van der Waals surface area contributed by atoms with Gasteiger partial charge in [-0.3, -0.25) is 9.48 Å². The van der Waals surface area contributed by atoms with Gasteiger partial charge in [-0.25, -0.2) is 0 Å². The van der Waals surface area contributed by atoms with Crippen LogP contribution in [0.2, 0.25) is 0 Å². The Balaban J connectivity index is 1.51. The quantitative estimate of drug-likeness (QED) is 0.699. The lowest BCUT2D eigenvalue weighted by Gasteiger charge is -2.25. The standard InChI is InChI=1S/C21H31N5O2/c1-17(15-18-9-5-6-10-20(18)28-3)24(2)13-14-26-16-19(22-23-26)21(27)25-11-7-4-8-12-25/h5-6,9-10,16-17H,4,7-8,11-15H2,1-3H3. The van der Waals surface area contributed by atoms with Gasteiger partial charge in [0, 0.05) is 25.7 Å². The molecule has 1 aromatic carbocycles. The first kappa shape index (κ1) is 20.3. The molecule has 7 nitrogen and oxygen atoms in total. The Bertz CT molecular complexity index is 770. The molecule has 1 aliphatic heterocycles. The number of carbonyl (C=O) groups is 1. The maximum absolute atomic E-state index is 12.5. The number of hydrogen-bond donors (Lipinski definition) is 0. The van der Waals surface area contributed by atoms with Crippen molar-refractivity contribution in [3.05, 3.63) is 41.7 Å². The number of nitrogens with zero attached hydrogens (tertiary/aromatic N) is 5. The zero-order chi connectivity index (χ0) is 19.9. The maximum Gasteiger partial charge on any atom is 0.276 e. The predicted molar refractivity (Wildman–Crippen MR) is 109 cm³/mol. The number of piperidine rings is 1. The van der Waals surface area contributed by atoms with Gasteiger partial charge in [0.15, 0.2) is 5.69 Å². The zero-order valence-corrected chi connectivity index (χ0v) is 17.2. The van der Waals surface area contributed by atoms with Crippen molar-refractivity contribution in [3.63, 3.8) is 0 Å². The third-order valence-corrected chi connectivity index (χ3v) is 5.54. The van der Waals surface area contributed by atoms with Crippen molar-refractivity contribution < 1.29 is 9.53 Å². The molecular formula is C21H31N5O2. The van der Waals surface area contributed by atoms with E-state index >= 15 is 0 Å². The fourth-order valence-corrected chi connectivity index (χ4v) is 3.59. The molecule has 2 heterocycles. The topological polar surface area (TPSA) is 63.5 Å². The Labute approximate surface area is 167 Å². The summed E-state index contributed by atoms with van der Waals surface area (Å²) >= 11 is 0. The molecule has 1 amide bonds. The van der Waals surface area contributed by atoms with Gasteiger partial charge >= 0.3 is 0 Å². The number of carbonyl (C=O) groups excluding carboxylic acids is 1. The molecule has 28 heavy (non-hydrogen) atoms. The summed E-state index contributed by atoms with van der Waals surface area (Å²) in [6.07, 6.45) is 6.05. The van der Waals surface area contributed by atoms with Crippen LogP contribution in [0.1, 0.15) is 42.2 Å². The molecule has 0 bridgehead atoms. The normalized spacial score (nSPS) is 15.6. The van der Waals surface area contributed by atoms with Gasteiger partial charge in [-0.15, -0.1) is 5.10 Å². The summed E-state index contributed by atoms with van der Waals surface area (Å²) in [6.45, 7) is 5.40. The highest BCUT2D eigenvalue weighted by atomic mass is 16.5. The number of para-hydroxylation sites is 1. The smallest absolute Gasteiger partial charge is 0.276 e. The Morgan fingerprint density at radius 1 is 1.25 bits per heavy atom. The SMILES string of the molecule is COc1ccccc1CC(C)N(C)CCn1cc(C(=O)N2CCCCC2)nn1. The van der Waals surface area contributed by atoms with Crippen LogP contribution < -0.4 is 4.74 Å². The van der Waals surface area contributed by atoms with Crippen LogP contribution in [0.15, 0.2) is 30.5 Å². The van der Waals surface area contributed by atoms with Gasteiger partial charge in [-0.1, -0.05) is 23.4 Å². The highest BCUT2D eigenvalue weighted by molar-refractivity contribution is 5.91. The van der Waals surface area contributed by atoms with Gasteiger partial charge in [-0.05, 0) is 51.3 Å². The molecule has 2 aromatic rings. The molecule has 152 valence electrons. The molecule has 0 N–H and O–H groups in total. The van der Waals surface area contributed by atoms with Crippen molar-refractivity contribution >= 4 is 5.91 Å². The molecule has 1 aromatic heterocycles. The number of ether oxygens (including phenoxy) is 1. The second kappa shape index (κ2) is 9.68. The van der Waals surface area contributed by atoms with E-state index in [0.717, 1.165) is 44.6 Å². The minimum atomic E-state index is 0.00356. The molecule has 1 unspecified atom stereocenters. The molecular weight excluding hydrogens is 354 g/mol. The Morgan fingerprint density at radius 2 is 2.00 bits per heavy atom. The number of methoxy groups -OCH3 is 1. The molecule has 7 heteroatoms. The molecule has 1 aliphatic rings. The van der Waals surface area contributed by atoms with Crippen LogP contribution in [0, 0.1) is 0 Å². The first-order valence-corrected chi connectivity index (χ1v) is 10.1. The first-order chi connectivity index (χ1) is 13.6. The van der Waals surface area contributed by atoms with Crippen molar-refractivity contribution in [2.75, 3.05) is 33.8 Å². The van der Waals surface area contributed by atoms with Crippen LogP contribution in [0.4, 0.5) is 0 Å². The second-order valence-corrected chi connectivity index (χ2v) is 7.57. The molecule has 0 spiro atoms. The number of rotatable bonds is 8. The molecule has 0 saturated carbocycles. The summed E-state index contributed by atoms with van der Waals surface area (Å²) in [5.41, 5.74) is 1.66. The number of hydrogen-bond acceptors (Lipinski definition) is 5. The zero-order valence-electron chi connectivity index (χ0n) is 17.2. The largest absolute Gasteiger partial charge is 0.496 e. The highest BCUT2D eigenvalue weighted by Crippen LogP contribution is 2.20. The monoisotopic (exact) mass is 385 g/mol. The van der Waals surface area contributed by atoms with Gasteiger partial charge in [0.2, 0.25) is 0 Å². The second-order valence-electron chi connectivity index (χ2n) is 7.57. The molecule has 1 saturated heterocycles. The van der Waals surface area contributed by atoms with E-state index in [1.165, 1.54) is 12.0 Å². The average molecular weight is 386 g/mol. The van der Waals surface area contributed by atoms with Crippen LogP contribution in [0.25, 0.3) is 0 Å². The van der Waals surface area contributed by atoms with Crippen LogP contribution >= 0.6 is 0 Å². The summed E-state index contributed by atoms with van der Waals surface area (Å²) in [5, 5.41) is 8.24. The lowest BCUT2D eigenvalue weighted by atomic mass is 10.1. The highest BCUT2D eigenvalue weighted by Gasteiger charge is 2.21. The minimum Gasteiger partial charge on any atom is -0.496 e. The fourth-order valence-electron chi connectivity index (χ4n) is 3.59. The van der Waals surface area contributed by atoms with Crippen molar-refractivity contribution in [3.8, 4) is 5.75 Å².